The molecule has 1 atom stereocenters. The maximum Gasteiger partial charge on any atom is 1.00 e. The van der Waals surface area contributed by atoms with Gasteiger partial charge in [0.15, 0.2) is 0 Å². The van der Waals surface area contributed by atoms with Gasteiger partial charge < -0.3 is 9.90 Å². The Kier molecular flexibility index (Phi) is 5.53. The first-order valence-corrected chi connectivity index (χ1v) is 4.41. The molecule has 1 rings (SSSR count). The van der Waals surface area contributed by atoms with Crippen LogP contribution in [0.4, 0.5) is 0 Å². The molecule has 1 N–H and O–H groups in total. The number of nitrogens with zero attached hydrogens (tertiary/aromatic N) is 1. The van der Waals surface area contributed by atoms with Gasteiger partial charge >= 0.3 is 35.2 Å². The van der Waals surface area contributed by atoms with Crippen LogP contribution in [-0.2, 0) is 9.59 Å². The molecule has 0 spiro atoms. The van der Waals surface area contributed by atoms with Crippen molar-refractivity contribution >= 4 is 11.9 Å². The molecule has 0 aliphatic heterocycles. The molecule has 1 unspecified atom stereocenters. The van der Waals surface area contributed by atoms with Gasteiger partial charge in [0.2, 0.25) is 5.91 Å². The van der Waals surface area contributed by atoms with E-state index in [-0.39, 0.29) is 41.6 Å². The van der Waals surface area contributed by atoms with Gasteiger partial charge in [-0.3, -0.25) is 20.2 Å². The molecule has 1 amide bonds. The molecule has 0 aromatic heterocycles. The van der Waals surface area contributed by atoms with Crippen LogP contribution in [-0.4, -0.2) is 22.5 Å². The fourth-order valence-electron chi connectivity index (χ4n) is 1.42. The molecule has 7 nitrogen and oxygen atoms in total. The number of hydrogen-bond donors (Lipinski definition) is 1. The number of carbonyl (C=O) groups is 2. The van der Waals surface area contributed by atoms with E-state index in [0.29, 0.717) is 0 Å². The predicted molar refractivity (Wildman–Crippen MR) is 50.4 cm³/mol. The van der Waals surface area contributed by atoms with Crippen LogP contribution in [0.5, 0.6) is 0 Å². The predicted octanol–water partition coefficient (Wildman–Crippen LogP) is -4.26. The second-order valence-electron chi connectivity index (χ2n) is 3.36. The third kappa shape index (κ3) is 3.65. The first kappa shape index (κ1) is 15.8. The Bertz CT molecular complexity index is 418. The fraction of sp³-hybridized carbons (Fsp3) is 0.333. The molecular formula is C9H9N2NaO5. The molecule has 0 heterocycles. The molecule has 0 fully saturated rings. The van der Waals surface area contributed by atoms with E-state index in [1.54, 1.807) is 0 Å². The SMILES string of the molecule is CC(=O)NC1([N+](=O)[O-])C=C(C(=O)[O-])C=CC1.[Na+]. The van der Waals surface area contributed by atoms with Gasteiger partial charge in [-0.2, -0.15) is 0 Å². The van der Waals surface area contributed by atoms with Gasteiger partial charge in [0.25, 0.3) is 0 Å². The number of amides is 1. The molecule has 0 bridgehead atoms. The summed E-state index contributed by atoms with van der Waals surface area (Å²) in [6, 6.07) is 0. The minimum atomic E-state index is -1.89. The summed E-state index contributed by atoms with van der Waals surface area (Å²) >= 11 is 0. The second-order valence-corrected chi connectivity index (χ2v) is 3.36. The summed E-state index contributed by atoms with van der Waals surface area (Å²) in [6.45, 7) is 1.12. The van der Waals surface area contributed by atoms with E-state index < -0.39 is 22.5 Å². The van der Waals surface area contributed by atoms with Gasteiger partial charge in [-0.1, -0.05) is 12.2 Å². The van der Waals surface area contributed by atoms with Crippen molar-refractivity contribution in [1.82, 2.24) is 5.32 Å². The Morgan fingerprint density at radius 2 is 2.12 bits per heavy atom. The fourth-order valence-corrected chi connectivity index (χ4v) is 1.42. The van der Waals surface area contributed by atoms with Crippen molar-refractivity contribution in [2.24, 2.45) is 0 Å². The number of nitrogens with one attached hydrogen (secondary N) is 1. The zero-order valence-electron chi connectivity index (χ0n) is 9.43. The molecule has 17 heavy (non-hydrogen) atoms. The summed E-state index contributed by atoms with van der Waals surface area (Å²) in [5.41, 5.74) is -2.22. The zero-order valence-corrected chi connectivity index (χ0v) is 11.4. The van der Waals surface area contributed by atoms with Crippen LogP contribution in [0.25, 0.3) is 0 Å². The van der Waals surface area contributed by atoms with E-state index in [4.69, 9.17) is 0 Å². The van der Waals surface area contributed by atoms with Crippen LogP contribution in [0, 0.1) is 10.1 Å². The van der Waals surface area contributed by atoms with Gasteiger partial charge in [0.1, 0.15) is 0 Å². The monoisotopic (exact) mass is 248 g/mol. The summed E-state index contributed by atoms with van der Waals surface area (Å²) in [5, 5.41) is 23.6. The van der Waals surface area contributed by atoms with E-state index in [0.717, 1.165) is 13.0 Å². The number of aliphatic carboxylic acids is 1. The minimum Gasteiger partial charge on any atom is -0.545 e. The largest absolute Gasteiger partial charge is 1.00 e. The van der Waals surface area contributed by atoms with Crippen LogP contribution in [0.1, 0.15) is 13.3 Å². The number of nitro groups is 1. The van der Waals surface area contributed by atoms with Crippen molar-refractivity contribution in [3.8, 4) is 0 Å². The molecule has 0 saturated carbocycles. The molecule has 86 valence electrons. The van der Waals surface area contributed by atoms with Crippen molar-refractivity contribution in [3.05, 3.63) is 33.9 Å². The van der Waals surface area contributed by atoms with Crippen molar-refractivity contribution < 1.29 is 49.2 Å². The Balaban J connectivity index is 0.00000256. The standard InChI is InChI=1S/C9H10N2O5.Na/c1-6(12)10-9(11(15)16)4-2-3-7(5-9)8(13)14;/h2-3,5H,4H2,1H3,(H,10,12)(H,13,14);/q;+1/p-1. The minimum absolute atomic E-state index is 0. The first-order valence-electron chi connectivity index (χ1n) is 4.41. The average Bonchev–Trinajstić information content (AvgIpc) is 2.16. The second kappa shape index (κ2) is 5.95. The van der Waals surface area contributed by atoms with E-state index in [1.807, 2.05) is 0 Å². The van der Waals surface area contributed by atoms with Crippen LogP contribution in [0.3, 0.4) is 0 Å². The molecule has 0 aromatic rings. The Hall–Kier alpha value is -1.18. The molecule has 1 aliphatic carbocycles. The topological polar surface area (TPSA) is 112 Å². The van der Waals surface area contributed by atoms with Crippen molar-refractivity contribution in [2.75, 3.05) is 0 Å². The van der Waals surface area contributed by atoms with Gasteiger partial charge in [-0.15, -0.1) is 0 Å². The maximum absolute atomic E-state index is 10.9. The van der Waals surface area contributed by atoms with Crippen LogP contribution in [0.2, 0.25) is 0 Å². The molecule has 0 radical (unpaired) electrons. The number of carboxylic acids is 1. The first-order chi connectivity index (χ1) is 7.37. The summed E-state index contributed by atoms with van der Waals surface area (Å²) < 4.78 is 0. The third-order valence-electron chi connectivity index (χ3n) is 2.07. The van der Waals surface area contributed by atoms with E-state index >= 15 is 0 Å². The van der Waals surface area contributed by atoms with Gasteiger partial charge in [-0.05, 0) is 0 Å². The number of rotatable bonds is 3. The number of carboxylic acid groups (broad SMARTS) is 1. The zero-order chi connectivity index (χ0) is 12.3. The van der Waals surface area contributed by atoms with Crippen LogP contribution < -0.4 is 40.0 Å². The molecule has 0 saturated heterocycles. The Morgan fingerprint density at radius 1 is 1.53 bits per heavy atom. The van der Waals surface area contributed by atoms with Gasteiger partial charge in [0.05, 0.1) is 17.3 Å². The Labute approximate surface area is 119 Å². The Morgan fingerprint density at radius 3 is 2.53 bits per heavy atom. The molecule has 0 aromatic carbocycles. The van der Waals surface area contributed by atoms with Crippen LogP contribution in [0.15, 0.2) is 23.8 Å². The normalized spacial score (nSPS) is 22.1. The average molecular weight is 248 g/mol. The maximum atomic E-state index is 10.9. The van der Waals surface area contributed by atoms with E-state index in [2.05, 4.69) is 5.32 Å². The quantitative estimate of drug-likeness (QED) is 0.235. The summed E-state index contributed by atoms with van der Waals surface area (Å²) in [6.07, 6.45) is 3.29. The van der Waals surface area contributed by atoms with E-state index in [9.17, 15) is 24.8 Å². The summed E-state index contributed by atoms with van der Waals surface area (Å²) in [7, 11) is 0. The van der Waals surface area contributed by atoms with Crippen molar-refractivity contribution in [2.45, 2.75) is 19.0 Å². The van der Waals surface area contributed by atoms with Crippen molar-refractivity contribution in [3.63, 3.8) is 0 Å². The molecule has 8 heteroatoms. The van der Waals surface area contributed by atoms with Crippen molar-refractivity contribution in [1.29, 1.82) is 0 Å². The number of carbonyl (C=O) groups excluding carboxylic acids is 2. The molecular weight excluding hydrogens is 239 g/mol. The van der Waals surface area contributed by atoms with Gasteiger partial charge in [-0.25, -0.2) is 0 Å². The van der Waals surface area contributed by atoms with Crippen LogP contribution >= 0.6 is 0 Å². The molecule has 1 aliphatic rings. The van der Waals surface area contributed by atoms with E-state index in [1.165, 1.54) is 12.2 Å². The summed E-state index contributed by atoms with van der Waals surface area (Å²) in [5.74, 6) is -2.13. The summed E-state index contributed by atoms with van der Waals surface area (Å²) in [4.78, 5) is 31.6. The number of hydrogen-bond acceptors (Lipinski definition) is 5. The smallest absolute Gasteiger partial charge is 0.545 e. The van der Waals surface area contributed by atoms with Gasteiger partial charge in [0, 0.05) is 18.6 Å². The third-order valence-corrected chi connectivity index (χ3v) is 2.07.